The van der Waals surface area contributed by atoms with Crippen molar-refractivity contribution in [1.29, 1.82) is 0 Å². The lowest BCUT2D eigenvalue weighted by molar-refractivity contribution is -0.120. The van der Waals surface area contributed by atoms with Gasteiger partial charge in [0.2, 0.25) is 5.91 Å². The summed E-state index contributed by atoms with van der Waals surface area (Å²) in [4.78, 5) is 23.1. The summed E-state index contributed by atoms with van der Waals surface area (Å²) in [5, 5.41) is 1.89. The van der Waals surface area contributed by atoms with Crippen LogP contribution in [-0.2, 0) is 11.3 Å². The number of nitrogens with zero attached hydrogens (tertiary/aromatic N) is 1. The Bertz CT molecular complexity index is 466. The largest absolute Gasteiger partial charge is 0.351 e. The summed E-state index contributed by atoms with van der Waals surface area (Å²) < 4.78 is 26.0. The molecule has 1 aromatic rings. The van der Waals surface area contributed by atoms with Gasteiger partial charge in [-0.2, -0.15) is 0 Å². The Kier molecular flexibility index (Phi) is 4.73. The monoisotopic (exact) mass is 257 g/mol. The number of benzene rings is 1. The standard InChI is InChI=1S/C11H13F2N3O2/c1-16(6-10(17)15-11(14)18)5-7-2-3-8(12)4-9(7)13/h2-4H,5-6H2,1H3,(H3,14,15,17,18). The van der Waals surface area contributed by atoms with E-state index < -0.39 is 23.6 Å². The van der Waals surface area contributed by atoms with Crippen LogP contribution in [0.25, 0.3) is 0 Å². The topological polar surface area (TPSA) is 75.4 Å². The molecule has 3 N–H and O–H groups in total. The molecule has 7 heteroatoms. The number of carbonyl (C=O) groups excluding carboxylic acids is 2. The molecule has 98 valence electrons. The number of halogens is 2. The summed E-state index contributed by atoms with van der Waals surface area (Å²) in [5.41, 5.74) is 5.03. The number of carbonyl (C=O) groups is 2. The smallest absolute Gasteiger partial charge is 0.318 e. The Balaban J connectivity index is 2.56. The van der Waals surface area contributed by atoms with E-state index >= 15 is 0 Å². The van der Waals surface area contributed by atoms with Crippen molar-refractivity contribution in [3.8, 4) is 0 Å². The van der Waals surface area contributed by atoms with Gasteiger partial charge in [0, 0.05) is 18.2 Å². The molecule has 0 fully saturated rings. The average Bonchev–Trinajstić information content (AvgIpc) is 2.20. The van der Waals surface area contributed by atoms with Crippen LogP contribution in [-0.4, -0.2) is 30.4 Å². The van der Waals surface area contributed by atoms with Crippen molar-refractivity contribution in [3.63, 3.8) is 0 Å². The van der Waals surface area contributed by atoms with Crippen LogP contribution >= 0.6 is 0 Å². The van der Waals surface area contributed by atoms with E-state index in [0.717, 1.165) is 12.1 Å². The molecule has 18 heavy (non-hydrogen) atoms. The lowest BCUT2D eigenvalue weighted by Crippen LogP contribution is -2.41. The van der Waals surface area contributed by atoms with E-state index in [1.165, 1.54) is 11.0 Å². The number of hydrogen-bond donors (Lipinski definition) is 2. The lowest BCUT2D eigenvalue weighted by Gasteiger charge is -2.16. The van der Waals surface area contributed by atoms with Crippen LogP contribution < -0.4 is 11.1 Å². The van der Waals surface area contributed by atoms with Crippen molar-refractivity contribution in [1.82, 2.24) is 10.2 Å². The third-order valence-electron chi connectivity index (χ3n) is 2.13. The minimum absolute atomic E-state index is 0.109. The average molecular weight is 257 g/mol. The van der Waals surface area contributed by atoms with E-state index in [1.54, 1.807) is 7.05 Å². The Morgan fingerprint density at radius 2 is 2.06 bits per heavy atom. The van der Waals surface area contributed by atoms with Crippen LogP contribution in [0.2, 0.25) is 0 Å². The van der Waals surface area contributed by atoms with Crippen molar-refractivity contribution in [3.05, 3.63) is 35.4 Å². The van der Waals surface area contributed by atoms with Gasteiger partial charge in [-0.1, -0.05) is 6.07 Å². The maximum absolute atomic E-state index is 13.3. The molecule has 0 saturated carbocycles. The maximum Gasteiger partial charge on any atom is 0.318 e. The summed E-state index contributed by atoms with van der Waals surface area (Å²) in [6, 6.07) is 2.26. The third-order valence-corrected chi connectivity index (χ3v) is 2.13. The summed E-state index contributed by atoms with van der Waals surface area (Å²) in [5.74, 6) is -1.94. The Labute approximate surface area is 103 Å². The van der Waals surface area contributed by atoms with Crippen molar-refractivity contribution in [2.45, 2.75) is 6.54 Å². The Morgan fingerprint density at radius 1 is 1.39 bits per heavy atom. The van der Waals surface area contributed by atoms with E-state index in [-0.39, 0.29) is 18.7 Å². The van der Waals surface area contributed by atoms with E-state index in [0.29, 0.717) is 0 Å². The molecule has 0 spiro atoms. The molecule has 0 aliphatic rings. The second-order valence-corrected chi connectivity index (χ2v) is 3.82. The van der Waals surface area contributed by atoms with Gasteiger partial charge in [0.05, 0.1) is 6.54 Å². The number of nitrogens with two attached hydrogens (primary N) is 1. The van der Waals surface area contributed by atoms with Crippen LogP contribution in [0.3, 0.4) is 0 Å². The third kappa shape index (κ3) is 4.46. The molecule has 1 rings (SSSR count). The molecule has 5 nitrogen and oxygen atoms in total. The zero-order chi connectivity index (χ0) is 13.7. The Morgan fingerprint density at radius 3 is 2.61 bits per heavy atom. The highest BCUT2D eigenvalue weighted by Crippen LogP contribution is 2.11. The van der Waals surface area contributed by atoms with Gasteiger partial charge in [0.15, 0.2) is 0 Å². The molecule has 3 amide bonds. The first kappa shape index (κ1) is 14.0. The fourth-order valence-corrected chi connectivity index (χ4v) is 1.42. The number of likely N-dealkylation sites (N-methyl/N-ethyl adjacent to an activating group) is 1. The number of nitrogens with one attached hydrogen (secondary N) is 1. The number of imide groups is 1. The lowest BCUT2D eigenvalue weighted by atomic mass is 10.2. The highest BCUT2D eigenvalue weighted by molar-refractivity contribution is 5.94. The molecule has 0 bridgehead atoms. The number of primary amides is 1. The molecule has 0 unspecified atom stereocenters. The molecule has 0 aliphatic carbocycles. The number of rotatable bonds is 4. The molecule has 0 aromatic heterocycles. The van der Waals surface area contributed by atoms with Crippen molar-refractivity contribution in [2.75, 3.05) is 13.6 Å². The van der Waals surface area contributed by atoms with Gasteiger partial charge in [-0.3, -0.25) is 15.0 Å². The van der Waals surface area contributed by atoms with E-state index in [9.17, 15) is 18.4 Å². The molecule has 0 saturated heterocycles. The SMILES string of the molecule is CN(CC(=O)NC(N)=O)Cc1ccc(F)cc1F. The highest BCUT2D eigenvalue weighted by Gasteiger charge is 2.11. The first-order valence-electron chi connectivity index (χ1n) is 5.10. The number of amides is 3. The van der Waals surface area contributed by atoms with Crippen LogP contribution in [0.1, 0.15) is 5.56 Å². The second-order valence-electron chi connectivity index (χ2n) is 3.82. The summed E-state index contributed by atoms with van der Waals surface area (Å²) >= 11 is 0. The Hall–Kier alpha value is -2.02. The van der Waals surface area contributed by atoms with Gasteiger partial charge in [0.1, 0.15) is 11.6 Å². The van der Waals surface area contributed by atoms with Crippen molar-refractivity contribution in [2.24, 2.45) is 5.73 Å². The predicted molar refractivity (Wildman–Crippen MR) is 60.4 cm³/mol. The minimum atomic E-state index is -0.943. The van der Waals surface area contributed by atoms with E-state index in [2.05, 4.69) is 0 Å². The van der Waals surface area contributed by atoms with Gasteiger partial charge in [-0.25, -0.2) is 13.6 Å². The molecule has 1 aromatic carbocycles. The molecule has 0 aliphatic heterocycles. The van der Waals surface area contributed by atoms with Gasteiger partial charge >= 0.3 is 6.03 Å². The predicted octanol–water partition coefficient (Wildman–Crippen LogP) is 0.592. The van der Waals surface area contributed by atoms with Crippen LogP contribution in [0.15, 0.2) is 18.2 Å². The zero-order valence-corrected chi connectivity index (χ0v) is 9.74. The quantitative estimate of drug-likeness (QED) is 0.829. The van der Waals surface area contributed by atoms with E-state index in [4.69, 9.17) is 5.73 Å². The molecule has 0 radical (unpaired) electrons. The number of hydrogen-bond acceptors (Lipinski definition) is 3. The highest BCUT2D eigenvalue weighted by atomic mass is 19.1. The number of urea groups is 1. The first-order chi connectivity index (χ1) is 8.38. The van der Waals surface area contributed by atoms with Crippen LogP contribution in [0.4, 0.5) is 13.6 Å². The summed E-state index contributed by atoms with van der Waals surface area (Å²) in [6.07, 6.45) is 0. The molecule has 0 heterocycles. The van der Waals surface area contributed by atoms with Crippen molar-refractivity contribution >= 4 is 11.9 Å². The van der Waals surface area contributed by atoms with Gasteiger partial charge in [-0.15, -0.1) is 0 Å². The maximum atomic E-state index is 13.3. The second kappa shape index (κ2) is 6.06. The fraction of sp³-hybridized carbons (Fsp3) is 0.273. The van der Waals surface area contributed by atoms with Gasteiger partial charge in [0.25, 0.3) is 0 Å². The van der Waals surface area contributed by atoms with Crippen LogP contribution in [0, 0.1) is 11.6 Å². The molecular weight excluding hydrogens is 244 g/mol. The molecule has 0 atom stereocenters. The van der Waals surface area contributed by atoms with Gasteiger partial charge in [-0.05, 0) is 13.1 Å². The first-order valence-corrected chi connectivity index (χ1v) is 5.10. The minimum Gasteiger partial charge on any atom is -0.351 e. The van der Waals surface area contributed by atoms with Crippen LogP contribution in [0.5, 0.6) is 0 Å². The summed E-state index contributed by atoms with van der Waals surface area (Å²) in [7, 11) is 1.56. The van der Waals surface area contributed by atoms with Gasteiger partial charge < -0.3 is 5.73 Å². The van der Waals surface area contributed by atoms with Crippen molar-refractivity contribution < 1.29 is 18.4 Å². The normalized spacial score (nSPS) is 10.4. The molecular formula is C11H13F2N3O2. The summed E-state index contributed by atoms with van der Waals surface area (Å²) in [6.45, 7) is -0.0158. The zero-order valence-electron chi connectivity index (χ0n) is 9.74. The fourth-order valence-electron chi connectivity index (χ4n) is 1.42. The van der Waals surface area contributed by atoms with E-state index in [1.807, 2.05) is 5.32 Å².